The van der Waals surface area contributed by atoms with E-state index in [1.54, 1.807) is 94.1 Å². The van der Waals surface area contributed by atoms with E-state index in [9.17, 15) is 13.0 Å². The molecule has 3 heterocycles. The smallest absolute Gasteiger partial charge is 0.748 e. The maximum Gasteiger partial charge on any atom is 1.00 e. The van der Waals surface area contributed by atoms with Gasteiger partial charge in [0.05, 0.1) is 10.1 Å². The van der Waals surface area contributed by atoms with E-state index in [0.717, 1.165) is 126 Å². The van der Waals surface area contributed by atoms with Crippen molar-refractivity contribution in [2.75, 3.05) is 23.0 Å². The zero-order valence-corrected chi connectivity index (χ0v) is 72.3. The molecule has 0 radical (unpaired) electrons. The van der Waals surface area contributed by atoms with Crippen LogP contribution in [0.2, 0.25) is 0 Å². The molecule has 12 nitrogen and oxygen atoms in total. The van der Waals surface area contributed by atoms with Gasteiger partial charge in [0.15, 0.2) is 46.4 Å². The van der Waals surface area contributed by atoms with Gasteiger partial charge in [-0.2, -0.15) is 44.9 Å². The normalized spacial score (nSPS) is 12.0. The molecule has 0 aliphatic carbocycles. The Balaban J connectivity index is 0.000000243. The summed E-state index contributed by atoms with van der Waals surface area (Å²) in [6, 6.07) is 51.9. The molecule has 23 heteroatoms. The molecule has 0 spiro atoms. The van der Waals surface area contributed by atoms with E-state index >= 15 is 0 Å². The van der Waals surface area contributed by atoms with Crippen molar-refractivity contribution in [1.82, 2.24) is 44.9 Å². The number of nitrogens with zero attached hydrogens (tertiary/aromatic N) is 9. The van der Waals surface area contributed by atoms with Crippen LogP contribution in [0.3, 0.4) is 0 Å². The van der Waals surface area contributed by atoms with Crippen molar-refractivity contribution in [3.05, 3.63) is 232 Å². The predicted octanol–water partition coefficient (Wildman–Crippen LogP) is 20.7. The summed E-state index contributed by atoms with van der Waals surface area (Å²) in [5.74, 6) is 8.73. The minimum Gasteiger partial charge on any atom is -0.748 e. The van der Waals surface area contributed by atoms with Crippen molar-refractivity contribution in [3.8, 4) is 0 Å². The van der Waals surface area contributed by atoms with Gasteiger partial charge in [0, 0.05) is 57.5 Å². The molecule has 0 saturated heterocycles. The molecule has 0 fully saturated rings. The average Bonchev–Trinajstić information content (AvgIpc) is 0.837. The molecule has 9 aromatic rings. The first-order chi connectivity index (χ1) is 49.5. The average molecular weight is 1590 g/mol. The molecule has 103 heavy (non-hydrogen) atoms. The Kier molecular flexibility index (Phi) is 42.2. The van der Waals surface area contributed by atoms with E-state index in [1.807, 2.05) is 18.2 Å². The summed E-state index contributed by atoms with van der Waals surface area (Å²) in [5.41, 5.74) is 15.0. The van der Waals surface area contributed by atoms with E-state index in [-0.39, 0.29) is 63.6 Å². The van der Waals surface area contributed by atoms with E-state index < -0.39 is 10.1 Å². The third kappa shape index (κ3) is 33.7. The summed E-state index contributed by atoms with van der Waals surface area (Å²) >= 11 is 14.6. The van der Waals surface area contributed by atoms with E-state index in [2.05, 4.69) is 236 Å². The van der Waals surface area contributed by atoms with Crippen LogP contribution in [0.1, 0.15) is 191 Å². The number of rotatable bonds is 40. The standard InChI is InChI=1S/C32H33N3S3.C27H33N3S3.C21H31N3O3S4.K/c1-5-23(4)29-18-16-28(17-19-29)22-38-32-34-30(36-20-26-12-8-24(6-2)9-13-26)33-31(35-32)37-21-27-14-10-25(7-3)11-15-27;1-5-8-17-31-25-28-26(32-18-22-11-9-21(7-3)10-12-22)30-27(29-25)33-19-23-13-15-24(16-14-23)20(4)6-2;1-4-6-12-28-19-22-20(29-13-7-14-31(25,26)27)24-21(23-19)30-15-17-8-10-18(11-9-17)16(3)5-2;/h6-19,23H,2-3,5,20-22H2,1,4H3;7,9-16,20H,3,5-6,8,17-19H2,1-2,4H3;8-11,16H,4-7,12-15H2,1-3H3,(H,25,26,27);/q;;;+1/p-1. The summed E-state index contributed by atoms with van der Waals surface area (Å²) in [4.78, 5) is 42.2. The van der Waals surface area contributed by atoms with Crippen LogP contribution in [0, 0.1) is 0 Å². The summed E-state index contributed by atoms with van der Waals surface area (Å²) in [6.45, 7) is 29.3. The van der Waals surface area contributed by atoms with Crippen molar-refractivity contribution in [2.24, 2.45) is 0 Å². The first kappa shape index (κ1) is 88.2. The van der Waals surface area contributed by atoms with Crippen LogP contribution in [0.15, 0.2) is 212 Å². The molecule has 3 atom stereocenters. The maximum atomic E-state index is 10.8. The summed E-state index contributed by atoms with van der Waals surface area (Å²) in [7, 11) is -4.18. The monoisotopic (exact) mass is 1590 g/mol. The molecular weight excluding hydrogens is 1490 g/mol. The molecule has 9 rings (SSSR count). The molecule has 0 saturated carbocycles. The van der Waals surface area contributed by atoms with Crippen LogP contribution >= 0.6 is 106 Å². The van der Waals surface area contributed by atoms with Crippen LogP contribution in [-0.2, 0) is 44.6 Å². The van der Waals surface area contributed by atoms with Crippen LogP contribution in [-0.4, -0.2) is 80.8 Å². The largest absolute Gasteiger partial charge is 1.00 e. The topological polar surface area (TPSA) is 173 Å². The van der Waals surface area contributed by atoms with Crippen LogP contribution in [0.5, 0.6) is 0 Å². The number of unbranched alkanes of at least 4 members (excludes halogenated alkanes) is 2. The van der Waals surface area contributed by atoms with Gasteiger partial charge < -0.3 is 4.55 Å². The second-order valence-electron chi connectivity index (χ2n) is 24.1. The van der Waals surface area contributed by atoms with Gasteiger partial charge in [-0.1, -0.05) is 358 Å². The number of benzene rings is 6. The third-order valence-electron chi connectivity index (χ3n) is 16.3. The fraction of sp³-hybridized carbons (Fsp3) is 0.362. The van der Waals surface area contributed by atoms with Gasteiger partial charge in [0.2, 0.25) is 0 Å². The molecule has 0 N–H and O–H groups in total. The SMILES string of the molecule is C=Cc1ccc(CSc2nc(SCCCC)nc(SCc3ccc(C(C)CC)cc3)n2)cc1.C=Cc1ccc(CSc2nc(SCc3ccc(C=C)cc3)nc(SCc3ccc(C(C)CC)cc3)n2)cc1.CCCCSc1nc(SCCCS(=O)(=O)[O-])nc(SCc2ccc(C(C)CC)cc2)n1.[K+]. The molecule has 3 unspecified atom stereocenters. The van der Waals surface area contributed by atoms with Gasteiger partial charge >= 0.3 is 51.4 Å². The summed E-state index contributed by atoms with van der Waals surface area (Å²) < 4.78 is 32.3. The van der Waals surface area contributed by atoms with Crippen molar-refractivity contribution in [3.63, 3.8) is 0 Å². The van der Waals surface area contributed by atoms with Crippen molar-refractivity contribution >= 4 is 134 Å². The second-order valence-corrected chi connectivity index (χ2v) is 34.5. The Morgan fingerprint density at radius 3 is 0.709 bits per heavy atom. The van der Waals surface area contributed by atoms with Gasteiger partial charge in [-0.25, -0.2) is 8.42 Å². The molecule has 0 aliphatic heterocycles. The zero-order chi connectivity index (χ0) is 72.9. The van der Waals surface area contributed by atoms with Gasteiger partial charge in [0.25, 0.3) is 0 Å². The predicted molar refractivity (Wildman–Crippen MR) is 443 cm³/mol. The quantitative estimate of drug-likeness (QED) is 0.0153. The van der Waals surface area contributed by atoms with Crippen LogP contribution < -0.4 is 51.4 Å². The molecule has 0 bridgehead atoms. The first-order valence-corrected chi connectivity index (χ1v) is 45.2. The van der Waals surface area contributed by atoms with Crippen molar-refractivity contribution in [1.29, 1.82) is 0 Å². The fourth-order valence-corrected chi connectivity index (χ4v) is 17.8. The van der Waals surface area contributed by atoms with E-state index in [4.69, 9.17) is 29.9 Å². The minimum absolute atomic E-state index is 0. The zero-order valence-electron chi connectivity index (χ0n) is 61.0. The second kappa shape index (κ2) is 49.3. The molecule has 6 aromatic carbocycles. The first-order valence-electron chi connectivity index (χ1n) is 34.7. The molecular formula is C80H96KN9O3S10. The van der Waals surface area contributed by atoms with Crippen LogP contribution in [0.25, 0.3) is 18.2 Å². The Morgan fingerprint density at radius 2 is 0.524 bits per heavy atom. The molecule has 0 amide bonds. The fourth-order valence-electron chi connectivity index (χ4n) is 9.23. The van der Waals surface area contributed by atoms with Gasteiger partial charge in [-0.05, 0) is 123 Å². The number of thioether (sulfide) groups is 9. The number of hydrogen-bond donors (Lipinski definition) is 0. The Morgan fingerprint density at radius 1 is 0.330 bits per heavy atom. The summed E-state index contributed by atoms with van der Waals surface area (Å²) in [5, 5.41) is 6.64. The molecule has 3 aromatic heterocycles. The van der Waals surface area contributed by atoms with Gasteiger partial charge in [0.1, 0.15) is 0 Å². The molecule has 540 valence electrons. The van der Waals surface area contributed by atoms with E-state index in [0.29, 0.717) is 39.0 Å². The molecule has 0 aliphatic rings. The van der Waals surface area contributed by atoms with Crippen LogP contribution in [0.4, 0.5) is 0 Å². The summed E-state index contributed by atoms with van der Waals surface area (Å²) in [6.07, 6.45) is 13.8. The Labute approximate surface area is 695 Å². The Hall–Kier alpha value is -3.73. The Bertz CT molecular complexity index is 4020. The maximum absolute atomic E-state index is 10.8. The van der Waals surface area contributed by atoms with Gasteiger partial charge in [-0.15, -0.1) is 0 Å². The number of aromatic nitrogens is 9. The number of hydrogen-bond acceptors (Lipinski definition) is 21. The minimum atomic E-state index is -4.18. The van der Waals surface area contributed by atoms with Crippen molar-refractivity contribution < 1.29 is 64.4 Å². The third-order valence-corrected chi connectivity index (χ3v) is 25.4. The van der Waals surface area contributed by atoms with Gasteiger partial charge in [-0.3, -0.25) is 0 Å². The van der Waals surface area contributed by atoms with E-state index in [1.165, 1.54) is 74.7 Å². The van der Waals surface area contributed by atoms with Crippen molar-refractivity contribution in [2.45, 2.75) is 205 Å².